The van der Waals surface area contributed by atoms with E-state index in [0.29, 0.717) is 18.0 Å². The van der Waals surface area contributed by atoms with E-state index in [1.165, 1.54) is 5.56 Å². The van der Waals surface area contributed by atoms with Crippen LogP contribution >= 0.6 is 24.0 Å². The summed E-state index contributed by atoms with van der Waals surface area (Å²) in [6.07, 6.45) is 1.03. The van der Waals surface area contributed by atoms with Gasteiger partial charge in [0.05, 0.1) is 0 Å². The van der Waals surface area contributed by atoms with E-state index in [1.807, 2.05) is 30.3 Å². The zero-order chi connectivity index (χ0) is 19.6. The molecule has 0 radical (unpaired) electrons. The highest BCUT2D eigenvalue weighted by Gasteiger charge is 2.08. The Balaban J connectivity index is 0.00000392. The molecular formula is C22H31IN4O. The molecule has 6 heteroatoms. The molecule has 2 rings (SSSR count). The van der Waals surface area contributed by atoms with Crippen molar-refractivity contribution in [2.24, 2.45) is 4.99 Å². The number of hydrogen-bond acceptors (Lipinski definition) is 2. The van der Waals surface area contributed by atoms with Gasteiger partial charge >= 0.3 is 0 Å². The number of guanidine groups is 1. The number of carbonyl (C=O) groups is 1. The smallest absolute Gasteiger partial charge is 0.253 e. The van der Waals surface area contributed by atoms with E-state index in [9.17, 15) is 4.79 Å². The number of hydrogen-bond donors (Lipinski definition) is 2. The van der Waals surface area contributed by atoms with Crippen molar-refractivity contribution in [2.45, 2.75) is 25.8 Å². The fourth-order valence-electron chi connectivity index (χ4n) is 2.79. The second kappa shape index (κ2) is 12.4. The van der Waals surface area contributed by atoms with Crippen molar-refractivity contribution >= 4 is 35.8 Å². The highest BCUT2D eigenvalue weighted by atomic mass is 127. The topological polar surface area (TPSA) is 56.7 Å². The van der Waals surface area contributed by atoms with Gasteiger partial charge in [0.2, 0.25) is 0 Å². The van der Waals surface area contributed by atoms with E-state index in [2.05, 4.69) is 46.8 Å². The fraction of sp³-hybridized carbons (Fsp3) is 0.364. The number of amides is 1. The van der Waals surface area contributed by atoms with Gasteiger partial charge in [0.25, 0.3) is 5.91 Å². The lowest BCUT2D eigenvalue weighted by molar-refractivity contribution is 0.0827. The molecule has 1 unspecified atom stereocenters. The number of rotatable bonds is 7. The SMILES string of the molecule is CN=C(NCCC(C)c1ccccc1)NCc1ccc(C(=O)N(C)C)cc1.I. The first kappa shape index (κ1) is 23.9. The van der Waals surface area contributed by atoms with Crippen LogP contribution in [0.4, 0.5) is 0 Å². The molecule has 0 fully saturated rings. The zero-order valence-corrected chi connectivity index (χ0v) is 19.4. The van der Waals surface area contributed by atoms with Crippen LogP contribution in [-0.4, -0.2) is 44.5 Å². The van der Waals surface area contributed by atoms with Crippen LogP contribution in [0, 0.1) is 0 Å². The molecule has 0 saturated heterocycles. The van der Waals surface area contributed by atoms with Gasteiger partial charge in [-0.1, -0.05) is 49.4 Å². The van der Waals surface area contributed by atoms with Crippen molar-refractivity contribution < 1.29 is 4.79 Å². The Labute approximate surface area is 185 Å². The predicted molar refractivity (Wildman–Crippen MR) is 128 cm³/mol. The summed E-state index contributed by atoms with van der Waals surface area (Å²) in [4.78, 5) is 17.8. The summed E-state index contributed by atoms with van der Waals surface area (Å²) in [7, 11) is 5.28. The monoisotopic (exact) mass is 494 g/mol. The van der Waals surface area contributed by atoms with Crippen LogP contribution < -0.4 is 10.6 Å². The average Bonchev–Trinajstić information content (AvgIpc) is 2.70. The van der Waals surface area contributed by atoms with Crippen LogP contribution in [0.3, 0.4) is 0 Å². The molecule has 28 heavy (non-hydrogen) atoms. The highest BCUT2D eigenvalue weighted by Crippen LogP contribution is 2.17. The van der Waals surface area contributed by atoms with Gasteiger partial charge in [-0.2, -0.15) is 0 Å². The van der Waals surface area contributed by atoms with Crippen molar-refractivity contribution in [3.63, 3.8) is 0 Å². The van der Waals surface area contributed by atoms with E-state index < -0.39 is 0 Å². The Kier molecular flexibility index (Phi) is 10.6. The molecule has 0 heterocycles. The molecular weight excluding hydrogens is 463 g/mol. The Hall–Kier alpha value is -2.09. The minimum absolute atomic E-state index is 0. The second-order valence-corrected chi connectivity index (χ2v) is 6.85. The Morgan fingerprint density at radius 2 is 1.68 bits per heavy atom. The molecule has 152 valence electrons. The molecule has 2 aromatic carbocycles. The summed E-state index contributed by atoms with van der Waals surface area (Å²) >= 11 is 0. The first-order valence-electron chi connectivity index (χ1n) is 9.31. The van der Waals surface area contributed by atoms with Gasteiger partial charge in [-0.05, 0) is 35.6 Å². The van der Waals surface area contributed by atoms with Gasteiger partial charge < -0.3 is 15.5 Å². The number of halogens is 1. The summed E-state index contributed by atoms with van der Waals surface area (Å²) in [5.41, 5.74) is 3.15. The normalized spacial score (nSPS) is 11.9. The molecule has 0 aliphatic heterocycles. The van der Waals surface area contributed by atoms with Gasteiger partial charge in [0.15, 0.2) is 5.96 Å². The van der Waals surface area contributed by atoms with Crippen LogP contribution in [-0.2, 0) is 6.54 Å². The third-order valence-electron chi connectivity index (χ3n) is 4.53. The van der Waals surface area contributed by atoms with E-state index in [1.54, 1.807) is 26.0 Å². The molecule has 0 aliphatic rings. The van der Waals surface area contributed by atoms with Gasteiger partial charge in [-0.25, -0.2) is 0 Å². The molecule has 2 N–H and O–H groups in total. The summed E-state index contributed by atoms with van der Waals surface area (Å²) in [6, 6.07) is 18.2. The lowest BCUT2D eigenvalue weighted by Crippen LogP contribution is -2.37. The lowest BCUT2D eigenvalue weighted by atomic mass is 9.98. The fourth-order valence-corrected chi connectivity index (χ4v) is 2.79. The number of carbonyl (C=O) groups excluding carboxylic acids is 1. The molecule has 1 amide bonds. The maximum absolute atomic E-state index is 11.9. The van der Waals surface area contributed by atoms with Crippen LogP contribution in [0.5, 0.6) is 0 Å². The maximum atomic E-state index is 11.9. The van der Waals surface area contributed by atoms with Gasteiger partial charge in [0, 0.05) is 39.8 Å². The van der Waals surface area contributed by atoms with Crippen LogP contribution in [0.1, 0.15) is 40.7 Å². The molecule has 5 nitrogen and oxygen atoms in total. The van der Waals surface area contributed by atoms with Crippen molar-refractivity contribution in [1.82, 2.24) is 15.5 Å². The van der Waals surface area contributed by atoms with Crippen LogP contribution in [0.15, 0.2) is 59.6 Å². The quantitative estimate of drug-likeness (QED) is 0.349. The number of nitrogens with one attached hydrogen (secondary N) is 2. The summed E-state index contributed by atoms with van der Waals surface area (Å²) in [6.45, 7) is 3.75. The number of benzene rings is 2. The van der Waals surface area contributed by atoms with Gasteiger partial charge in [-0.15, -0.1) is 24.0 Å². The highest BCUT2D eigenvalue weighted by molar-refractivity contribution is 14.0. The molecule has 0 aliphatic carbocycles. The third-order valence-corrected chi connectivity index (χ3v) is 4.53. The zero-order valence-electron chi connectivity index (χ0n) is 17.1. The first-order valence-corrected chi connectivity index (χ1v) is 9.31. The summed E-state index contributed by atoms with van der Waals surface area (Å²) in [5, 5.41) is 6.68. The minimum Gasteiger partial charge on any atom is -0.356 e. The van der Waals surface area contributed by atoms with Crippen molar-refractivity contribution in [3.05, 3.63) is 71.3 Å². The Bertz CT molecular complexity index is 745. The molecule has 0 bridgehead atoms. The molecule has 0 saturated carbocycles. The molecule has 1 atom stereocenters. The second-order valence-electron chi connectivity index (χ2n) is 6.85. The lowest BCUT2D eigenvalue weighted by Gasteiger charge is -2.15. The summed E-state index contributed by atoms with van der Waals surface area (Å²) in [5.74, 6) is 1.29. The van der Waals surface area contributed by atoms with E-state index in [0.717, 1.165) is 24.5 Å². The van der Waals surface area contributed by atoms with Gasteiger partial charge in [-0.3, -0.25) is 9.79 Å². The summed E-state index contributed by atoms with van der Waals surface area (Å²) < 4.78 is 0. The average molecular weight is 494 g/mol. The third kappa shape index (κ3) is 7.50. The first-order chi connectivity index (χ1) is 13.0. The van der Waals surface area contributed by atoms with Crippen LogP contribution in [0.2, 0.25) is 0 Å². The maximum Gasteiger partial charge on any atom is 0.253 e. The van der Waals surface area contributed by atoms with Gasteiger partial charge in [0.1, 0.15) is 0 Å². The Morgan fingerprint density at radius 1 is 1.04 bits per heavy atom. The Morgan fingerprint density at radius 3 is 2.25 bits per heavy atom. The van der Waals surface area contributed by atoms with Crippen molar-refractivity contribution in [2.75, 3.05) is 27.7 Å². The molecule has 0 aromatic heterocycles. The minimum atomic E-state index is 0. The molecule has 2 aromatic rings. The van der Waals surface area contributed by atoms with Crippen molar-refractivity contribution in [3.8, 4) is 0 Å². The number of aliphatic imine (C=N–C) groups is 1. The van der Waals surface area contributed by atoms with E-state index in [-0.39, 0.29) is 29.9 Å². The van der Waals surface area contributed by atoms with E-state index >= 15 is 0 Å². The van der Waals surface area contributed by atoms with E-state index in [4.69, 9.17) is 0 Å². The van der Waals surface area contributed by atoms with Crippen LogP contribution in [0.25, 0.3) is 0 Å². The van der Waals surface area contributed by atoms with Crippen molar-refractivity contribution in [1.29, 1.82) is 0 Å². The predicted octanol–water partition coefficient (Wildman–Crippen LogP) is 3.87. The number of nitrogens with zero attached hydrogens (tertiary/aromatic N) is 2. The standard InChI is InChI=1S/C22H30N4O.HI/c1-17(19-8-6-5-7-9-19)14-15-24-22(23-2)25-16-18-10-12-20(13-11-18)21(27)26(3)4;/h5-13,17H,14-16H2,1-4H3,(H2,23,24,25);1H. The largest absolute Gasteiger partial charge is 0.356 e. The molecule has 0 spiro atoms.